The number of carboxylic acid groups (broad SMARTS) is 1. The zero-order valence-corrected chi connectivity index (χ0v) is 10.8. The fourth-order valence-electron chi connectivity index (χ4n) is 1.43. The Kier molecular flexibility index (Phi) is 4.73. The molecule has 2 unspecified atom stereocenters. The summed E-state index contributed by atoms with van der Waals surface area (Å²) in [5.74, 6) is -4.54. The van der Waals surface area contributed by atoms with Crippen LogP contribution < -0.4 is 5.32 Å². The lowest BCUT2D eigenvalue weighted by Crippen LogP contribution is -2.30. The van der Waals surface area contributed by atoms with Crippen molar-refractivity contribution in [2.75, 3.05) is 5.32 Å². The standard InChI is InChI=1S/C12H13FN2O5/c1-6(7(2)12(17)18)11(16)14-8-3-4-10(15(19)20)9(13)5-8/h3-7H,1-2H3,(H,14,16)(H,17,18). The topological polar surface area (TPSA) is 110 Å². The number of hydrogen-bond acceptors (Lipinski definition) is 4. The number of nitro groups is 1. The highest BCUT2D eigenvalue weighted by molar-refractivity contribution is 5.94. The van der Waals surface area contributed by atoms with Crippen LogP contribution in [0.5, 0.6) is 0 Å². The van der Waals surface area contributed by atoms with Crippen molar-refractivity contribution in [3.63, 3.8) is 0 Å². The van der Waals surface area contributed by atoms with Gasteiger partial charge in [-0.25, -0.2) is 0 Å². The number of carbonyl (C=O) groups excluding carboxylic acids is 1. The van der Waals surface area contributed by atoms with Gasteiger partial charge in [0.15, 0.2) is 0 Å². The number of anilines is 1. The Hall–Kier alpha value is -2.51. The van der Waals surface area contributed by atoms with Gasteiger partial charge in [0.05, 0.1) is 10.8 Å². The van der Waals surface area contributed by atoms with Crippen molar-refractivity contribution in [3.8, 4) is 0 Å². The van der Waals surface area contributed by atoms with E-state index in [0.29, 0.717) is 0 Å². The van der Waals surface area contributed by atoms with Gasteiger partial charge >= 0.3 is 11.7 Å². The van der Waals surface area contributed by atoms with Crippen molar-refractivity contribution in [1.29, 1.82) is 0 Å². The van der Waals surface area contributed by atoms with E-state index in [1.54, 1.807) is 0 Å². The van der Waals surface area contributed by atoms with Gasteiger partial charge in [0.1, 0.15) is 0 Å². The Labute approximate surface area is 113 Å². The fraction of sp³-hybridized carbons (Fsp3) is 0.333. The summed E-state index contributed by atoms with van der Waals surface area (Å²) in [6.45, 7) is 2.80. The quantitative estimate of drug-likeness (QED) is 0.635. The Balaban J connectivity index is 2.84. The second kappa shape index (κ2) is 6.09. The molecule has 0 spiro atoms. The molecule has 7 nitrogen and oxygen atoms in total. The first kappa shape index (κ1) is 15.5. The lowest BCUT2D eigenvalue weighted by atomic mass is 9.95. The minimum absolute atomic E-state index is 0.0301. The third kappa shape index (κ3) is 3.50. The molecule has 1 aromatic carbocycles. The average molecular weight is 284 g/mol. The van der Waals surface area contributed by atoms with Crippen LogP contribution in [0.15, 0.2) is 18.2 Å². The second-order valence-electron chi connectivity index (χ2n) is 4.33. The molecule has 0 saturated carbocycles. The Bertz CT molecular complexity index is 561. The molecule has 1 amide bonds. The van der Waals surface area contributed by atoms with Crippen LogP contribution >= 0.6 is 0 Å². The zero-order chi connectivity index (χ0) is 15.4. The summed E-state index contributed by atoms with van der Waals surface area (Å²) in [7, 11) is 0. The number of nitro benzene ring substituents is 1. The van der Waals surface area contributed by atoms with Gasteiger partial charge in [-0.15, -0.1) is 0 Å². The molecular weight excluding hydrogens is 271 g/mol. The molecule has 2 atom stereocenters. The first-order valence-corrected chi connectivity index (χ1v) is 5.71. The monoisotopic (exact) mass is 284 g/mol. The highest BCUT2D eigenvalue weighted by Crippen LogP contribution is 2.22. The summed E-state index contributed by atoms with van der Waals surface area (Å²) in [5.41, 5.74) is -0.669. The number of amides is 1. The van der Waals surface area contributed by atoms with Crippen LogP contribution in [0.1, 0.15) is 13.8 Å². The molecule has 0 saturated heterocycles. The van der Waals surface area contributed by atoms with E-state index in [2.05, 4.69) is 5.32 Å². The number of carboxylic acids is 1. The summed E-state index contributed by atoms with van der Waals surface area (Å²) in [6.07, 6.45) is 0. The van der Waals surface area contributed by atoms with Crippen molar-refractivity contribution in [1.82, 2.24) is 0 Å². The van der Waals surface area contributed by atoms with E-state index < -0.39 is 40.1 Å². The van der Waals surface area contributed by atoms with E-state index in [4.69, 9.17) is 5.11 Å². The number of aliphatic carboxylic acids is 1. The van der Waals surface area contributed by atoms with Gasteiger partial charge in [-0.05, 0) is 6.07 Å². The molecule has 8 heteroatoms. The predicted octanol–water partition coefficient (Wildman–Crippen LogP) is 2.03. The van der Waals surface area contributed by atoms with Crippen LogP contribution in [0.25, 0.3) is 0 Å². The van der Waals surface area contributed by atoms with E-state index in [9.17, 15) is 24.1 Å². The normalized spacial score (nSPS) is 13.3. The Morgan fingerprint density at radius 1 is 1.35 bits per heavy atom. The highest BCUT2D eigenvalue weighted by atomic mass is 19.1. The minimum Gasteiger partial charge on any atom is -0.481 e. The smallest absolute Gasteiger partial charge is 0.307 e. The van der Waals surface area contributed by atoms with Crippen LogP contribution in [-0.2, 0) is 9.59 Å². The van der Waals surface area contributed by atoms with Crippen LogP contribution in [0.2, 0.25) is 0 Å². The molecule has 0 aliphatic heterocycles. The molecule has 0 bridgehead atoms. The maximum absolute atomic E-state index is 13.4. The van der Waals surface area contributed by atoms with Crippen LogP contribution in [-0.4, -0.2) is 21.9 Å². The van der Waals surface area contributed by atoms with Gasteiger partial charge < -0.3 is 10.4 Å². The van der Waals surface area contributed by atoms with Gasteiger partial charge in [0.2, 0.25) is 11.7 Å². The highest BCUT2D eigenvalue weighted by Gasteiger charge is 2.26. The number of halogens is 1. The largest absolute Gasteiger partial charge is 0.481 e. The molecule has 1 rings (SSSR count). The van der Waals surface area contributed by atoms with E-state index >= 15 is 0 Å². The van der Waals surface area contributed by atoms with Crippen LogP contribution in [0.3, 0.4) is 0 Å². The first-order chi connectivity index (χ1) is 9.23. The van der Waals surface area contributed by atoms with Crippen molar-refractivity contribution in [2.24, 2.45) is 11.8 Å². The molecule has 1 aromatic rings. The molecular formula is C12H13FN2O5. The maximum Gasteiger partial charge on any atom is 0.307 e. The number of benzene rings is 1. The molecule has 0 fully saturated rings. The average Bonchev–Trinajstić information content (AvgIpc) is 2.36. The van der Waals surface area contributed by atoms with E-state index in [0.717, 1.165) is 12.1 Å². The lowest BCUT2D eigenvalue weighted by molar-refractivity contribution is -0.387. The SMILES string of the molecule is CC(C(=O)O)C(C)C(=O)Nc1ccc([N+](=O)[O-])c(F)c1. The van der Waals surface area contributed by atoms with Crippen LogP contribution in [0.4, 0.5) is 15.8 Å². The van der Waals surface area contributed by atoms with E-state index in [1.807, 2.05) is 0 Å². The summed E-state index contributed by atoms with van der Waals surface area (Å²) in [6, 6.07) is 2.92. The molecule has 108 valence electrons. The first-order valence-electron chi connectivity index (χ1n) is 5.71. The number of nitrogens with one attached hydrogen (secondary N) is 1. The summed E-state index contributed by atoms with van der Waals surface area (Å²) in [4.78, 5) is 32.1. The number of nitrogens with zero attached hydrogens (tertiary/aromatic N) is 1. The van der Waals surface area contributed by atoms with Crippen molar-refractivity contribution < 1.29 is 24.0 Å². The summed E-state index contributed by atoms with van der Waals surface area (Å²) >= 11 is 0. The molecule has 2 N–H and O–H groups in total. The number of hydrogen-bond donors (Lipinski definition) is 2. The van der Waals surface area contributed by atoms with Crippen molar-refractivity contribution in [2.45, 2.75) is 13.8 Å². The third-order valence-corrected chi connectivity index (χ3v) is 2.97. The lowest BCUT2D eigenvalue weighted by Gasteiger charge is -2.15. The van der Waals surface area contributed by atoms with Gasteiger partial charge in [-0.1, -0.05) is 13.8 Å². The minimum atomic E-state index is -1.12. The molecule has 0 aliphatic carbocycles. The summed E-state index contributed by atoms with van der Waals surface area (Å²) in [5, 5.41) is 21.6. The maximum atomic E-state index is 13.4. The number of rotatable bonds is 5. The molecule has 0 heterocycles. The number of carbonyl (C=O) groups is 2. The van der Waals surface area contributed by atoms with Gasteiger partial charge in [0, 0.05) is 23.7 Å². The molecule has 0 aromatic heterocycles. The molecule has 20 heavy (non-hydrogen) atoms. The van der Waals surface area contributed by atoms with Crippen molar-refractivity contribution in [3.05, 3.63) is 34.1 Å². The zero-order valence-electron chi connectivity index (χ0n) is 10.8. The van der Waals surface area contributed by atoms with E-state index in [-0.39, 0.29) is 5.69 Å². The van der Waals surface area contributed by atoms with Crippen molar-refractivity contribution >= 4 is 23.3 Å². The van der Waals surface area contributed by atoms with Gasteiger partial charge in [-0.2, -0.15) is 4.39 Å². The Morgan fingerprint density at radius 2 is 1.95 bits per heavy atom. The molecule has 0 radical (unpaired) electrons. The molecule has 0 aliphatic rings. The predicted molar refractivity (Wildman–Crippen MR) is 67.6 cm³/mol. The summed E-state index contributed by atoms with van der Waals surface area (Å²) < 4.78 is 13.4. The third-order valence-electron chi connectivity index (χ3n) is 2.97. The fourth-order valence-corrected chi connectivity index (χ4v) is 1.43. The van der Waals surface area contributed by atoms with Crippen LogP contribution in [0, 0.1) is 27.8 Å². The van der Waals surface area contributed by atoms with Gasteiger partial charge in [0.25, 0.3) is 0 Å². The van der Waals surface area contributed by atoms with Gasteiger partial charge in [-0.3, -0.25) is 19.7 Å². The van der Waals surface area contributed by atoms with E-state index in [1.165, 1.54) is 19.9 Å². The second-order valence-corrected chi connectivity index (χ2v) is 4.33. The Morgan fingerprint density at radius 3 is 2.40 bits per heavy atom.